The predicted octanol–water partition coefficient (Wildman–Crippen LogP) is 4.07. The zero-order valence-electron chi connectivity index (χ0n) is 11.5. The van der Waals surface area contributed by atoms with Crippen molar-refractivity contribution in [3.05, 3.63) is 71.3 Å². The molecule has 0 aliphatic heterocycles. The van der Waals surface area contributed by atoms with E-state index in [1.54, 1.807) is 5.56 Å². The highest BCUT2D eigenvalue weighted by Gasteiger charge is 2.28. The minimum Gasteiger partial charge on any atom is -0.310 e. The molecule has 0 radical (unpaired) electrons. The molecule has 2 unspecified atom stereocenters. The standard InChI is InChI=1S/C18H21N/c1-2-19-18(14-8-4-3-5-9-14)13-16-12-15-10-6-7-11-17(15)16/h3-11,16,18-19H,2,12-13H2,1H3. The van der Waals surface area contributed by atoms with Crippen LogP contribution in [0.5, 0.6) is 0 Å². The van der Waals surface area contributed by atoms with Crippen molar-refractivity contribution in [2.24, 2.45) is 0 Å². The molecule has 0 saturated carbocycles. The van der Waals surface area contributed by atoms with Gasteiger partial charge in [0.1, 0.15) is 0 Å². The third-order valence-corrected chi connectivity index (χ3v) is 4.13. The fraction of sp³-hybridized carbons (Fsp3) is 0.333. The van der Waals surface area contributed by atoms with Gasteiger partial charge in [-0.1, -0.05) is 61.5 Å². The van der Waals surface area contributed by atoms with Gasteiger partial charge in [0.15, 0.2) is 0 Å². The van der Waals surface area contributed by atoms with Crippen molar-refractivity contribution in [1.29, 1.82) is 0 Å². The molecule has 1 heteroatoms. The Hall–Kier alpha value is -1.60. The highest BCUT2D eigenvalue weighted by molar-refractivity contribution is 5.40. The van der Waals surface area contributed by atoms with Gasteiger partial charge >= 0.3 is 0 Å². The van der Waals surface area contributed by atoms with Gasteiger partial charge < -0.3 is 5.32 Å². The van der Waals surface area contributed by atoms with Gasteiger partial charge in [0.2, 0.25) is 0 Å². The molecule has 0 amide bonds. The van der Waals surface area contributed by atoms with Crippen LogP contribution in [0.1, 0.15) is 42.0 Å². The molecule has 1 N–H and O–H groups in total. The number of nitrogens with one attached hydrogen (secondary N) is 1. The van der Waals surface area contributed by atoms with E-state index in [9.17, 15) is 0 Å². The van der Waals surface area contributed by atoms with Gasteiger partial charge in [0, 0.05) is 6.04 Å². The van der Waals surface area contributed by atoms with E-state index in [4.69, 9.17) is 0 Å². The summed E-state index contributed by atoms with van der Waals surface area (Å²) in [7, 11) is 0. The lowest BCUT2D eigenvalue weighted by Gasteiger charge is -2.33. The van der Waals surface area contributed by atoms with Gasteiger partial charge in [0.05, 0.1) is 0 Å². The molecule has 2 atom stereocenters. The Kier molecular flexibility index (Phi) is 3.65. The van der Waals surface area contributed by atoms with Crippen LogP contribution < -0.4 is 5.32 Å². The molecular weight excluding hydrogens is 230 g/mol. The van der Waals surface area contributed by atoms with Crippen molar-refractivity contribution >= 4 is 0 Å². The maximum absolute atomic E-state index is 3.63. The van der Waals surface area contributed by atoms with Crippen LogP contribution >= 0.6 is 0 Å². The summed E-state index contributed by atoms with van der Waals surface area (Å²) in [5.74, 6) is 0.723. The lowest BCUT2D eigenvalue weighted by molar-refractivity contribution is 0.436. The van der Waals surface area contributed by atoms with Crippen LogP contribution in [0, 0.1) is 0 Å². The molecule has 0 saturated heterocycles. The Labute approximate surface area is 115 Å². The van der Waals surface area contributed by atoms with Gasteiger partial charge in [0.25, 0.3) is 0 Å². The smallest absolute Gasteiger partial charge is 0.0326 e. The van der Waals surface area contributed by atoms with E-state index in [1.165, 1.54) is 24.0 Å². The van der Waals surface area contributed by atoms with Crippen molar-refractivity contribution in [2.45, 2.75) is 31.7 Å². The SMILES string of the molecule is CCNC(CC1Cc2ccccc21)c1ccccc1. The second-order valence-electron chi connectivity index (χ2n) is 5.36. The quantitative estimate of drug-likeness (QED) is 0.844. The van der Waals surface area contributed by atoms with Crippen LogP contribution in [0.4, 0.5) is 0 Å². The zero-order valence-corrected chi connectivity index (χ0v) is 11.5. The monoisotopic (exact) mass is 251 g/mol. The average Bonchev–Trinajstić information content (AvgIpc) is 2.44. The third kappa shape index (κ3) is 2.57. The highest BCUT2D eigenvalue weighted by Crippen LogP contribution is 2.40. The van der Waals surface area contributed by atoms with Crippen LogP contribution in [0.3, 0.4) is 0 Å². The molecule has 1 aliphatic rings. The second kappa shape index (κ2) is 5.58. The molecular formula is C18H21N. The molecule has 19 heavy (non-hydrogen) atoms. The van der Waals surface area contributed by atoms with Crippen molar-refractivity contribution < 1.29 is 0 Å². The highest BCUT2D eigenvalue weighted by atomic mass is 14.9. The molecule has 0 bridgehead atoms. The molecule has 2 aromatic rings. The number of hydrogen-bond acceptors (Lipinski definition) is 1. The fourth-order valence-corrected chi connectivity index (χ4v) is 3.13. The Bertz CT molecular complexity index is 532. The summed E-state index contributed by atoms with van der Waals surface area (Å²) in [5, 5.41) is 3.63. The Morgan fingerprint density at radius 2 is 1.79 bits per heavy atom. The Morgan fingerprint density at radius 3 is 2.53 bits per heavy atom. The van der Waals surface area contributed by atoms with Crippen molar-refractivity contribution in [3.8, 4) is 0 Å². The summed E-state index contributed by atoms with van der Waals surface area (Å²) in [6.45, 7) is 3.21. The number of benzene rings is 2. The number of rotatable bonds is 5. The number of fused-ring (bicyclic) bond motifs is 1. The van der Waals surface area contributed by atoms with E-state index >= 15 is 0 Å². The van der Waals surface area contributed by atoms with Gasteiger partial charge in [-0.15, -0.1) is 0 Å². The van der Waals surface area contributed by atoms with E-state index in [-0.39, 0.29) is 0 Å². The van der Waals surface area contributed by atoms with Crippen molar-refractivity contribution in [1.82, 2.24) is 5.32 Å². The van der Waals surface area contributed by atoms with Gasteiger partial charge in [-0.3, -0.25) is 0 Å². The normalized spacial score (nSPS) is 18.5. The summed E-state index contributed by atoms with van der Waals surface area (Å²) >= 11 is 0. The number of hydrogen-bond donors (Lipinski definition) is 1. The van der Waals surface area contributed by atoms with Crippen LogP contribution in [0.25, 0.3) is 0 Å². The molecule has 2 aromatic carbocycles. The Morgan fingerprint density at radius 1 is 1.05 bits per heavy atom. The second-order valence-corrected chi connectivity index (χ2v) is 5.36. The first kappa shape index (κ1) is 12.4. The van der Waals surface area contributed by atoms with Crippen LogP contribution in [0.15, 0.2) is 54.6 Å². The zero-order chi connectivity index (χ0) is 13.1. The van der Waals surface area contributed by atoms with E-state index < -0.39 is 0 Å². The Balaban J connectivity index is 1.74. The van der Waals surface area contributed by atoms with Crippen LogP contribution in [-0.4, -0.2) is 6.54 Å². The molecule has 0 aromatic heterocycles. The van der Waals surface area contributed by atoms with E-state index in [1.807, 2.05) is 0 Å². The van der Waals surface area contributed by atoms with Crippen LogP contribution in [0.2, 0.25) is 0 Å². The minimum absolute atomic E-state index is 0.476. The molecule has 0 heterocycles. The van der Waals surface area contributed by atoms with Gasteiger partial charge in [-0.2, -0.15) is 0 Å². The van der Waals surface area contributed by atoms with E-state index in [2.05, 4.69) is 66.8 Å². The molecule has 1 nitrogen and oxygen atoms in total. The third-order valence-electron chi connectivity index (χ3n) is 4.13. The first-order chi connectivity index (χ1) is 9.38. The molecule has 98 valence electrons. The maximum atomic E-state index is 3.63. The maximum Gasteiger partial charge on any atom is 0.0326 e. The van der Waals surface area contributed by atoms with Crippen LogP contribution in [-0.2, 0) is 6.42 Å². The summed E-state index contributed by atoms with van der Waals surface area (Å²) < 4.78 is 0. The van der Waals surface area contributed by atoms with E-state index in [0.717, 1.165) is 12.5 Å². The molecule has 0 fully saturated rings. The van der Waals surface area contributed by atoms with Gasteiger partial charge in [-0.05, 0) is 42.0 Å². The average molecular weight is 251 g/mol. The van der Waals surface area contributed by atoms with Gasteiger partial charge in [-0.25, -0.2) is 0 Å². The fourth-order valence-electron chi connectivity index (χ4n) is 3.13. The molecule has 1 aliphatic carbocycles. The summed E-state index contributed by atoms with van der Waals surface area (Å²) in [6.07, 6.45) is 2.44. The van der Waals surface area contributed by atoms with Crippen molar-refractivity contribution in [2.75, 3.05) is 6.54 Å². The predicted molar refractivity (Wildman–Crippen MR) is 80.4 cm³/mol. The first-order valence-electron chi connectivity index (χ1n) is 7.24. The largest absolute Gasteiger partial charge is 0.310 e. The summed E-state index contributed by atoms with van der Waals surface area (Å²) in [6, 6.07) is 20.2. The first-order valence-corrected chi connectivity index (χ1v) is 7.24. The summed E-state index contributed by atoms with van der Waals surface area (Å²) in [4.78, 5) is 0. The minimum atomic E-state index is 0.476. The molecule has 0 spiro atoms. The lowest BCUT2D eigenvalue weighted by atomic mass is 9.74. The lowest BCUT2D eigenvalue weighted by Crippen LogP contribution is -2.27. The molecule has 3 rings (SSSR count). The van der Waals surface area contributed by atoms with E-state index in [0.29, 0.717) is 6.04 Å². The van der Waals surface area contributed by atoms with Crippen molar-refractivity contribution in [3.63, 3.8) is 0 Å². The summed E-state index contributed by atoms with van der Waals surface area (Å²) in [5.41, 5.74) is 4.51. The topological polar surface area (TPSA) is 12.0 Å².